The Morgan fingerprint density at radius 3 is 2.62 bits per heavy atom. The first-order valence-corrected chi connectivity index (χ1v) is 4.84. The highest BCUT2D eigenvalue weighted by Gasteiger charge is 2.06. The zero-order chi connectivity index (χ0) is 9.84. The Morgan fingerprint density at radius 1 is 1.38 bits per heavy atom. The second-order valence-electron chi connectivity index (χ2n) is 2.66. The molecule has 0 saturated carbocycles. The van der Waals surface area contributed by atoms with E-state index >= 15 is 0 Å². The molecule has 0 fully saturated rings. The molecular formula is C9H9BrO3. The number of carbonyl (C=O) groups is 1. The summed E-state index contributed by atoms with van der Waals surface area (Å²) in [4.78, 5) is 11.0. The first-order valence-electron chi connectivity index (χ1n) is 3.72. The standard InChI is InChI=1S/C9H9BrO3/c10-5-8(12)3-6-1-2-7(11)4-9(6)13/h1-2,4,11,13H,3,5H2. The Morgan fingerprint density at radius 2 is 2.08 bits per heavy atom. The van der Waals surface area contributed by atoms with E-state index in [4.69, 9.17) is 5.11 Å². The van der Waals surface area contributed by atoms with Gasteiger partial charge in [-0.1, -0.05) is 22.0 Å². The fourth-order valence-electron chi connectivity index (χ4n) is 0.961. The normalized spacial score (nSPS) is 9.92. The third-order valence-electron chi connectivity index (χ3n) is 1.61. The largest absolute Gasteiger partial charge is 0.508 e. The van der Waals surface area contributed by atoms with Crippen molar-refractivity contribution in [1.82, 2.24) is 0 Å². The van der Waals surface area contributed by atoms with Crippen LogP contribution in [0.4, 0.5) is 0 Å². The minimum Gasteiger partial charge on any atom is -0.508 e. The van der Waals surface area contributed by atoms with E-state index in [1.807, 2.05) is 0 Å². The maximum atomic E-state index is 11.0. The van der Waals surface area contributed by atoms with Crippen molar-refractivity contribution in [2.45, 2.75) is 6.42 Å². The number of Topliss-reactive ketones (excluding diaryl/α,β-unsaturated/α-hetero) is 1. The lowest BCUT2D eigenvalue weighted by molar-refractivity contribution is -0.115. The SMILES string of the molecule is O=C(CBr)Cc1ccc(O)cc1O. The van der Waals surface area contributed by atoms with Gasteiger partial charge in [0.1, 0.15) is 17.3 Å². The number of carbonyl (C=O) groups excluding carboxylic acids is 1. The monoisotopic (exact) mass is 244 g/mol. The molecule has 1 rings (SSSR count). The van der Waals surface area contributed by atoms with Crippen molar-refractivity contribution in [2.24, 2.45) is 0 Å². The molecule has 0 unspecified atom stereocenters. The van der Waals surface area contributed by atoms with Gasteiger partial charge in [0.15, 0.2) is 0 Å². The van der Waals surface area contributed by atoms with Crippen LogP contribution >= 0.6 is 15.9 Å². The van der Waals surface area contributed by atoms with Gasteiger partial charge in [-0.15, -0.1) is 0 Å². The van der Waals surface area contributed by atoms with Crippen LogP contribution in [0.1, 0.15) is 5.56 Å². The van der Waals surface area contributed by atoms with E-state index in [9.17, 15) is 9.90 Å². The number of aromatic hydroxyl groups is 2. The number of alkyl halides is 1. The quantitative estimate of drug-likeness (QED) is 0.795. The van der Waals surface area contributed by atoms with Gasteiger partial charge in [0.2, 0.25) is 0 Å². The van der Waals surface area contributed by atoms with E-state index in [1.54, 1.807) is 0 Å². The topological polar surface area (TPSA) is 57.5 Å². The highest BCUT2D eigenvalue weighted by Crippen LogP contribution is 2.22. The fraction of sp³-hybridized carbons (Fsp3) is 0.222. The molecule has 2 N–H and O–H groups in total. The zero-order valence-electron chi connectivity index (χ0n) is 6.83. The Balaban J connectivity index is 2.83. The molecule has 70 valence electrons. The van der Waals surface area contributed by atoms with Gasteiger partial charge in [0.25, 0.3) is 0 Å². The van der Waals surface area contributed by atoms with Crippen molar-refractivity contribution < 1.29 is 15.0 Å². The van der Waals surface area contributed by atoms with Crippen molar-refractivity contribution in [3.8, 4) is 11.5 Å². The van der Waals surface area contributed by atoms with Gasteiger partial charge >= 0.3 is 0 Å². The number of rotatable bonds is 3. The van der Waals surface area contributed by atoms with Gasteiger partial charge in [-0.3, -0.25) is 4.79 Å². The van der Waals surface area contributed by atoms with Gasteiger partial charge in [-0.05, 0) is 6.07 Å². The number of halogens is 1. The molecule has 4 heteroatoms. The Labute approximate surface area is 84.1 Å². The summed E-state index contributed by atoms with van der Waals surface area (Å²) < 4.78 is 0. The van der Waals surface area contributed by atoms with Crippen LogP contribution in [0.25, 0.3) is 0 Å². The van der Waals surface area contributed by atoms with Crippen LogP contribution in [-0.2, 0) is 11.2 Å². The molecule has 13 heavy (non-hydrogen) atoms. The molecule has 3 nitrogen and oxygen atoms in total. The highest BCUT2D eigenvalue weighted by molar-refractivity contribution is 9.09. The van der Waals surface area contributed by atoms with Crippen LogP contribution < -0.4 is 0 Å². The molecule has 1 aromatic carbocycles. The number of phenolic OH excluding ortho intramolecular Hbond substituents is 2. The second kappa shape index (κ2) is 4.28. The number of ketones is 1. The van der Waals surface area contributed by atoms with Crippen molar-refractivity contribution in [3.63, 3.8) is 0 Å². The summed E-state index contributed by atoms with van der Waals surface area (Å²) in [5.41, 5.74) is 0.530. The molecule has 0 spiro atoms. The summed E-state index contributed by atoms with van der Waals surface area (Å²) in [6.45, 7) is 0. The van der Waals surface area contributed by atoms with Crippen LogP contribution in [0.3, 0.4) is 0 Å². The predicted molar refractivity (Wildman–Crippen MR) is 52.3 cm³/mol. The molecular weight excluding hydrogens is 236 g/mol. The summed E-state index contributed by atoms with van der Waals surface area (Å²) in [5, 5.41) is 18.6. The first kappa shape index (κ1) is 10.1. The average Bonchev–Trinajstić information content (AvgIpc) is 2.09. The van der Waals surface area contributed by atoms with E-state index in [-0.39, 0.29) is 29.0 Å². The van der Waals surface area contributed by atoms with E-state index < -0.39 is 0 Å². The maximum absolute atomic E-state index is 11.0. The van der Waals surface area contributed by atoms with Crippen molar-refractivity contribution in [3.05, 3.63) is 23.8 Å². The highest BCUT2D eigenvalue weighted by atomic mass is 79.9. The predicted octanol–water partition coefficient (Wildman–Crippen LogP) is 1.60. The molecule has 0 aliphatic rings. The van der Waals surface area contributed by atoms with Crippen molar-refractivity contribution in [2.75, 3.05) is 5.33 Å². The van der Waals surface area contributed by atoms with Gasteiger partial charge in [0, 0.05) is 18.1 Å². The van der Waals surface area contributed by atoms with Gasteiger partial charge in [0.05, 0.1) is 5.33 Å². The van der Waals surface area contributed by atoms with Crippen LogP contribution in [0.5, 0.6) is 11.5 Å². The lowest BCUT2D eigenvalue weighted by atomic mass is 10.1. The Bertz CT molecular complexity index is 323. The lowest BCUT2D eigenvalue weighted by Gasteiger charge is -2.02. The first-order chi connectivity index (χ1) is 6.13. The molecule has 1 aromatic rings. The summed E-state index contributed by atoms with van der Waals surface area (Å²) in [6.07, 6.45) is 0.178. The molecule has 0 atom stereocenters. The number of hydrogen-bond acceptors (Lipinski definition) is 3. The summed E-state index contributed by atoms with van der Waals surface area (Å²) in [5.74, 6) is -0.0668. The van der Waals surface area contributed by atoms with E-state index in [0.717, 1.165) is 0 Å². The molecule has 0 aliphatic carbocycles. The van der Waals surface area contributed by atoms with E-state index in [1.165, 1.54) is 18.2 Å². The van der Waals surface area contributed by atoms with Crippen LogP contribution in [0.2, 0.25) is 0 Å². The molecule has 0 amide bonds. The third-order valence-corrected chi connectivity index (χ3v) is 2.23. The minimum atomic E-state index is -0.0469. The lowest BCUT2D eigenvalue weighted by Crippen LogP contribution is -2.03. The third kappa shape index (κ3) is 2.73. The average molecular weight is 245 g/mol. The number of benzene rings is 1. The minimum absolute atomic E-state index is 0.00691. The zero-order valence-corrected chi connectivity index (χ0v) is 8.41. The van der Waals surface area contributed by atoms with E-state index in [0.29, 0.717) is 5.56 Å². The summed E-state index contributed by atoms with van der Waals surface area (Å²) in [6, 6.07) is 4.19. The van der Waals surface area contributed by atoms with Gasteiger partial charge in [-0.2, -0.15) is 0 Å². The summed E-state index contributed by atoms with van der Waals surface area (Å²) >= 11 is 3.03. The molecule has 0 aromatic heterocycles. The number of phenols is 2. The molecule has 0 aliphatic heterocycles. The van der Waals surface area contributed by atoms with Crippen LogP contribution in [0, 0.1) is 0 Å². The summed E-state index contributed by atoms with van der Waals surface area (Å²) in [7, 11) is 0. The molecule has 0 radical (unpaired) electrons. The van der Waals surface area contributed by atoms with Crippen molar-refractivity contribution in [1.29, 1.82) is 0 Å². The Kier molecular flexibility index (Phi) is 3.31. The van der Waals surface area contributed by atoms with Crippen molar-refractivity contribution >= 4 is 21.7 Å². The molecule has 0 saturated heterocycles. The number of hydrogen-bond donors (Lipinski definition) is 2. The van der Waals surface area contributed by atoms with E-state index in [2.05, 4.69) is 15.9 Å². The van der Waals surface area contributed by atoms with Crippen LogP contribution in [0.15, 0.2) is 18.2 Å². The van der Waals surface area contributed by atoms with Gasteiger partial charge in [-0.25, -0.2) is 0 Å². The second-order valence-corrected chi connectivity index (χ2v) is 3.22. The van der Waals surface area contributed by atoms with Gasteiger partial charge < -0.3 is 10.2 Å². The fourth-order valence-corrected chi connectivity index (χ4v) is 1.16. The van der Waals surface area contributed by atoms with Crippen LogP contribution in [-0.4, -0.2) is 21.3 Å². The Hall–Kier alpha value is -1.03. The maximum Gasteiger partial charge on any atom is 0.147 e. The molecule has 0 heterocycles. The smallest absolute Gasteiger partial charge is 0.147 e. The molecule has 0 bridgehead atoms.